The monoisotopic (exact) mass is 527 g/mol. The summed E-state index contributed by atoms with van der Waals surface area (Å²) in [6.45, 7) is 4.62. The molecular weight excluding hydrogens is 494 g/mol. The summed E-state index contributed by atoms with van der Waals surface area (Å²) in [6, 6.07) is 6.84. The maximum absolute atomic E-state index is 13.1. The van der Waals surface area contributed by atoms with Crippen LogP contribution in [0, 0.1) is 5.41 Å². The number of hydrogen-bond donors (Lipinski definition) is 6. The average Bonchev–Trinajstić information content (AvgIpc) is 2.89. The Hall–Kier alpha value is -4.39. The van der Waals surface area contributed by atoms with E-state index in [9.17, 15) is 24.3 Å². The van der Waals surface area contributed by atoms with Gasteiger partial charge in [-0.1, -0.05) is 42.4 Å². The summed E-state index contributed by atoms with van der Waals surface area (Å²) in [5.74, 6) is -2.61. The van der Waals surface area contributed by atoms with Gasteiger partial charge in [-0.3, -0.25) is 23.7 Å². The van der Waals surface area contributed by atoms with Gasteiger partial charge in [-0.05, 0) is 25.8 Å². The van der Waals surface area contributed by atoms with Crippen molar-refractivity contribution in [3.8, 4) is 0 Å². The van der Waals surface area contributed by atoms with Crippen LogP contribution in [0.2, 0.25) is 0 Å². The van der Waals surface area contributed by atoms with Gasteiger partial charge in [0, 0.05) is 18.4 Å². The summed E-state index contributed by atoms with van der Waals surface area (Å²) in [4.78, 5) is 54.4. The summed E-state index contributed by atoms with van der Waals surface area (Å²) in [5, 5.41) is 37.1. The van der Waals surface area contributed by atoms with Crippen molar-refractivity contribution in [1.82, 2.24) is 20.2 Å². The van der Waals surface area contributed by atoms with E-state index >= 15 is 0 Å². The molecule has 38 heavy (non-hydrogen) atoms. The Morgan fingerprint density at radius 2 is 1.87 bits per heavy atom. The first kappa shape index (κ1) is 29.8. The Balaban J connectivity index is 2.16. The summed E-state index contributed by atoms with van der Waals surface area (Å²) >= 11 is 0. The van der Waals surface area contributed by atoms with Gasteiger partial charge >= 0.3 is 5.97 Å². The molecule has 2 rings (SSSR count). The molecule has 0 fully saturated rings. The predicted molar refractivity (Wildman–Crippen MR) is 141 cm³/mol. The number of carbonyl (C=O) groups is 3. The number of carboxylic acids is 1. The predicted octanol–water partition coefficient (Wildman–Crippen LogP) is 1.36. The lowest BCUT2D eigenvalue weighted by Gasteiger charge is -2.23. The lowest BCUT2D eigenvalue weighted by Crippen LogP contribution is -2.49. The van der Waals surface area contributed by atoms with E-state index in [1.807, 2.05) is 37.3 Å². The van der Waals surface area contributed by atoms with Crippen LogP contribution in [0.15, 0.2) is 52.7 Å². The lowest BCUT2D eigenvalue weighted by atomic mass is 10.1. The zero-order valence-corrected chi connectivity index (χ0v) is 21.5. The highest BCUT2D eigenvalue weighted by Crippen LogP contribution is 2.13. The highest BCUT2D eigenvalue weighted by atomic mass is 16.4. The topological polar surface area (TPSA) is 199 Å². The number of amides is 1. The maximum atomic E-state index is 13.1. The molecule has 3 atom stereocenters. The minimum absolute atomic E-state index is 0.00314. The number of ketones is 1. The van der Waals surface area contributed by atoms with Gasteiger partial charge in [-0.15, -0.1) is 0 Å². The smallest absolute Gasteiger partial charge is 0.305 e. The van der Waals surface area contributed by atoms with E-state index in [0.717, 1.165) is 10.1 Å². The third kappa shape index (κ3) is 8.34. The summed E-state index contributed by atoms with van der Waals surface area (Å²) in [7, 11) is 0. The normalized spacial score (nSPS) is 13.7. The zero-order chi connectivity index (χ0) is 28.2. The van der Waals surface area contributed by atoms with Crippen molar-refractivity contribution >= 4 is 34.9 Å². The highest BCUT2D eigenvalue weighted by molar-refractivity contribution is 6.41. The number of rotatable bonds is 15. The van der Waals surface area contributed by atoms with Crippen molar-refractivity contribution in [3.05, 3.63) is 58.6 Å². The first-order valence-corrected chi connectivity index (χ1v) is 12.0. The average molecular weight is 528 g/mol. The molecule has 2 aromatic rings. The second kappa shape index (κ2) is 14.4. The molecule has 1 amide bonds. The molecule has 1 aromatic heterocycles. The van der Waals surface area contributed by atoms with Gasteiger partial charge in [0.25, 0.3) is 5.56 Å². The molecule has 0 aliphatic rings. The fraction of sp³-hybridized carbons (Fsp3) is 0.400. The first-order chi connectivity index (χ1) is 18.1. The lowest BCUT2D eigenvalue weighted by molar-refractivity contribution is -0.140. The van der Waals surface area contributed by atoms with Crippen molar-refractivity contribution in [2.24, 2.45) is 5.16 Å². The number of oxime groups is 1. The van der Waals surface area contributed by atoms with E-state index in [-0.39, 0.29) is 42.8 Å². The molecule has 0 bridgehead atoms. The fourth-order valence-electron chi connectivity index (χ4n) is 3.63. The third-order valence-electron chi connectivity index (χ3n) is 5.84. The molecule has 6 N–H and O–H groups in total. The van der Waals surface area contributed by atoms with Gasteiger partial charge in [0.05, 0.1) is 31.3 Å². The Labute approximate surface area is 219 Å². The Kier molecular flexibility index (Phi) is 11.3. The summed E-state index contributed by atoms with van der Waals surface area (Å²) in [6.07, 6.45) is 2.14. The number of hydrogen-bond acceptors (Lipinski definition) is 10. The van der Waals surface area contributed by atoms with Gasteiger partial charge in [0.15, 0.2) is 11.6 Å². The van der Waals surface area contributed by atoms with Crippen LogP contribution >= 0.6 is 0 Å². The van der Waals surface area contributed by atoms with E-state index in [4.69, 9.17) is 10.6 Å². The maximum Gasteiger partial charge on any atom is 0.305 e. The Bertz CT molecular complexity index is 1230. The van der Waals surface area contributed by atoms with E-state index < -0.39 is 41.7 Å². The van der Waals surface area contributed by atoms with Crippen LogP contribution < -0.4 is 21.5 Å². The molecule has 1 heterocycles. The van der Waals surface area contributed by atoms with Crippen molar-refractivity contribution < 1.29 is 24.7 Å². The van der Waals surface area contributed by atoms with E-state index in [2.05, 4.69) is 26.1 Å². The number of carboxylic acid groups (broad SMARTS) is 1. The fourth-order valence-corrected chi connectivity index (χ4v) is 3.63. The number of Topliss-reactive ketones (excluding diaryl/α,β-unsaturated/α-hetero) is 1. The van der Waals surface area contributed by atoms with Crippen LogP contribution in [0.4, 0.5) is 5.82 Å². The van der Waals surface area contributed by atoms with E-state index in [1.54, 1.807) is 6.92 Å². The van der Waals surface area contributed by atoms with Gasteiger partial charge in [0.2, 0.25) is 5.91 Å². The SMILES string of the molecule is CCC(C(=O)NC(CC(=O)O)C(=O)CNC(C)c1ccccc1)n1ccnc(NC/C(=N/O)C(C)=N)c1=O. The van der Waals surface area contributed by atoms with Gasteiger partial charge in [-0.25, -0.2) is 4.98 Å². The standard InChI is InChI=1S/C25H33N7O6/c1-4-20(32-11-10-27-23(25(32)37)29-13-19(31-38)15(2)26)24(36)30-18(12-22(34)35)21(33)14-28-16(3)17-8-6-5-7-9-17/h5-11,16,18,20,26,28,38H,4,12-14H2,1-3H3,(H,27,29)(H,30,36)(H,34,35)/b26-15?,31-19-. The number of nitrogens with zero attached hydrogens (tertiary/aromatic N) is 3. The molecule has 3 unspecified atom stereocenters. The first-order valence-electron chi connectivity index (χ1n) is 12.0. The van der Waals surface area contributed by atoms with E-state index in [0.29, 0.717) is 0 Å². The molecule has 0 spiro atoms. The number of anilines is 1. The van der Waals surface area contributed by atoms with Gasteiger partial charge in [-0.2, -0.15) is 0 Å². The Morgan fingerprint density at radius 1 is 1.18 bits per heavy atom. The molecule has 0 aliphatic heterocycles. The van der Waals surface area contributed by atoms with Crippen molar-refractivity contribution in [1.29, 1.82) is 5.41 Å². The van der Waals surface area contributed by atoms with Gasteiger partial charge in [0.1, 0.15) is 11.8 Å². The van der Waals surface area contributed by atoms with Crippen LogP contribution in [-0.2, 0) is 14.4 Å². The van der Waals surface area contributed by atoms with Crippen molar-refractivity contribution in [2.45, 2.75) is 51.7 Å². The van der Waals surface area contributed by atoms with Crippen molar-refractivity contribution in [2.75, 3.05) is 18.4 Å². The van der Waals surface area contributed by atoms with E-state index in [1.165, 1.54) is 19.3 Å². The number of benzene rings is 1. The van der Waals surface area contributed by atoms with Crippen LogP contribution in [0.1, 0.15) is 51.3 Å². The second-order valence-electron chi connectivity index (χ2n) is 8.58. The number of aliphatic carboxylic acids is 1. The molecule has 0 saturated carbocycles. The molecule has 0 aliphatic carbocycles. The van der Waals surface area contributed by atoms with Crippen LogP contribution in [0.25, 0.3) is 0 Å². The summed E-state index contributed by atoms with van der Waals surface area (Å²) in [5.41, 5.74) is 0.272. The van der Waals surface area contributed by atoms with Crippen molar-refractivity contribution in [3.63, 3.8) is 0 Å². The number of aromatic nitrogens is 2. The molecular formula is C25H33N7O6. The minimum atomic E-state index is -1.31. The number of carbonyl (C=O) groups excluding carboxylic acids is 2. The molecule has 0 saturated heterocycles. The van der Waals surface area contributed by atoms with Gasteiger partial charge < -0.3 is 31.7 Å². The summed E-state index contributed by atoms with van der Waals surface area (Å²) < 4.78 is 1.12. The number of nitrogens with one attached hydrogen (secondary N) is 4. The molecule has 204 valence electrons. The minimum Gasteiger partial charge on any atom is -0.481 e. The molecule has 13 heteroatoms. The highest BCUT2D eigenvalue weighted by Gasteiger charge is 2.28. The largest absolute Gasteiger partial charge is 0.481 e. The van der Waals surface area contributed by atoms with Crippen LogP contribution in [-0.4, -0.2) is 68.1 Å². The Morgan fingerprint density at radius 3 is 2.45 bits per heavy atom. The molecule has 1 aromatic carbocycles. The molecule has 0 radical (unpaired) electrons. The zero-order valence-electron chi connectivity index (χ0n) is 21.5. The molecule has 13 nitrogen and oxygen atoms in total. The van der Waals surface area contributed by atoms with Crippen LogP contribution in [0.5, 0.6) is 0 Å². The second-order valence-corrected chi connectivity index (χ2v) is 8.58. The third-order valence-corrected chi connectivity index (χ3v) is 5.84. The van der Waals surface area contributed by atoms with Crippen LogP contribution in [0.3, 0.4) is 0 Å². The quantitative estimate of drug-likeness (QED) is 0.112.